The van der Waals surface area contributed by atoms with Gasteiger partial charge in [-0.15, -0.1) is 0 Å². The fourth-order valence-corrected chi connectivity index (χ4v) is 3.27. The van der Waals surface area contributed by atoms with Gasteiger partial charge < -0.3 is 5.32 Å². The zero-order valence-electron chi connectivity index (χ0n) is 11.7. The van der Waals surface area contributed by atoms with Gasteiger partial charge in [0.25, 0.3) is 0 Å². The van der Waals surface area contributed by atoms with E-state index in [4.69, 9.17) is 0 Å². The van der Waals surface area contributed by atoms with Crippen LogP contribution in [0.4, 0.5) is 0 Å². The maximum atomic E-state index is 12.1. The molecule has 0 aromatic carbocycles. The molecule has 1 aliphatic rings. The van der Waals surface area contributed by atoms with Gasteiger partial charge in [0.15, 0.2) is 0 Å². The molecule has 1 aromatic heterocycles. The van der Waals surface area contributed by atoms with Gasteiger partial charge in [0, 0.05) is 38.4 Å². The lowest BCUT2D eigenvalue weighted by atomic mass is 9.99. The van der Waals surface area contributed by atoms with Gasteiger partial charge in [-0.1, -0.05) is 0 Å². The van der Waals surface area contributed by atoms with Gasteiger partial charge in [0.2, 0.25) is 15.9 Å². The van der Waals surface area contributed by atoms with Gasteiger partial charge in [0.05, 0.1) is 18.4 Å². The summed E-state index contributed by atoms with van der Waals surface area (Å²) in [5.74, 6) is -0.364. The lowest BCUT2D eigenvalue weighted by molar-refractivity contribution is -0.126. The van der Waals surface area contributed by atoms with E-state index in [2.05, 4.69) is 10.4 Å². The molecule has 0 bridgehead atoms. The van der Waals surface area contributed by atoms with Crippen molar-refractivity contribution >= 4 is 15.9 Å². The highest BCUT2D eigenvalue weighted by atomic mass is 32.2. The summed E-state index contributed by atoms with van der Waals surface area (Å²) >= 11 is 0. The molecule has 1 aliphatic heterocycles. The Labute approximate surface area is 119 Å². The SMILES string of the molecule is Cn1cc(CNC(=O)[C@H]2CCCN(S(C)(=O)=O)C2)cn1. The summed E-state index contributed by atoms with van der Waals surface area (Å²) in [5.41, 5.74) is 0.927. The second-order valence-corrected chi connectivity index (χ2v) is 7.18. The molecule has 8 heteroatoms. The molecule has 0 unspecified atom stereocenters. The summed E-state index contributed by atoms with van der Waals surface area (Å²) in [6.45, 7) is 1.20. The van der Waals surface area contributed by atoms with Gasteiger partial charge in [0.1, 0.15) is 0 Å². The van der Waals surface area contributed by atoms with E-state index in [1.807, 2.05) is 13.2 Å². The summed E-state index contributed by atoms with van der Waals surface area (Å²) in [4.78, 5) is 12.1. The normalized spacial score (nSPS) is 20.8. The average Bonchev–Trinajstić information content (AvgIpc) is 2.81. The van der Waals surface area contributed by atoms with Crippen LogP contribution in [0.1, 0.15) is 18.4 Å². The van der Waals surface area contributed by atoms with Crippen LogP contribution in [0.25, 0.3) is 0 Å². The molecule has 1 aromatic rings. The number of amides is 1. The molecule has 1 atom stereocenters. The van der Waals surface area contributed by atoms with E-state index < -0.39 is 10.0 Å². The standard InChI is InChI=1S/C12H20N4O3S/c1-15-8-10(7-14-15)6-13-12(17)11-4-3-5-16(9-11)20(2,18)19/h7-8,11H,3-6,9H2,1-2H3,(H,13,17)/t11-/m0/s1. The molecule has 0 aliphatic carbocycles. The fraction of sp³-hybridized carbons (Fsp3) is 0.667. The van der Waals surface area contributed by atoms with Crippen LogP contribution in [0, 0.1) is 5.92 Å². The molecule has 0 saturated carbocycles. The number of rotatable bonds is 4. The molecule has 0 radical (unpaired) electrons. The monoisotopic (exact) mass is 300 g/mol. The predicted molar refractivity (Wildman–Crippen MR) is 74.2 cm³/mol. The van der Waals surface area contributed by atoms with Crippen LogP contribution in [0.15, 0.2) is 12.4 Å². The molecule has 20 heavy (non-hydrogen) atoms. The van der Waals surface area contributed by atoms with Crippen molar-refractivity contribution in [3.63, 3.8) is 0 Å². The number of carbonyl (C=O) groups excluding carboxylic acids is 1. The van der Waals surface area contributed by atoms with Crippen molar-refractivity contribution in [1.82, 2.24) is 19.4 Å². The van der Waals surface area contributed by atoms with E-state index >= 15 is 0 Å². The van der Waals surface area contributed by atoms with Crippen LogP contribution in [0.2, 0.25) is 0 Å². The number of hydrogen-bond donors (Lipinski definition) is 1. The zero-order valence-corrected chi connectivity index (χ0v) is 12.6. The van der Waals surface area contributed by atoms with Crippen molar-refractivity contribution in [3.05, 3.63) is 18.0 Å². The first-order valence-corrected chi connectivity index (χ1v) is 8.41. The van der Waals surface area contributed by atoms with Crippen LogP contribution < -0.4 is 5.32 Å². The van der Waals surface area contributed by atoms with Crippen molar-refractivity contribution in [3.8, 4) is 0 Å². The van der Waals surface area contributed by atoms with Crippen LogP contribution in [-0.2, 0) is 28.4 Å². The van der Waals surface area contributed by atoms with Crippen LogP contribution in [-0.4, -0.2) is 47.8 Å². The highest BCUT2D eigenvalue weighted by Crippen LogP contribution is 2.18. The van der Waals surface area contributed by atoms with Crippen LogP contribution in [0.3, 0.4) is 0 Å². The zero-order chi connectivity index (χ0) is 14.8. The first-order chi connectivity index (χ1) is 9.36. The van der Waals surface area contributed by atoms with E-state index in [-0.39, 0.29) is 18.4 Å². The number of piperidine rings is 1. The van der Waals surface area contributed by atoms with E-state index in [0.717, 1.165) is 18.4 Å². The Bertz CT molecular complexity index is 581. The third kappa shape index (κ3) is 3.80. The van der Waals surface area contributed by atoms with Gasteiger partial charge in [-0.3, -0.25) is 9.48 Å². The minimum absolute atomic E-state index is 0.0952. The minimum atomic E-state index is -3.22. The third-order valence-corrected chi connectivity index (χ3v) is 4.72. The predicted octanol–water partition coefficient (Wildman–Crippen LogP) is -0.292. The van der Waals surface area contributed by atoms with Gasteiger partial charge in [-0.05, 0) is 12.8 Å². The highest BCUT2D eigenvalue weighted by Gasteiger charge is 2.29. The Hall–Kier alpha value is -1.41. The molecule has 0 spiro atoms. The summed E-state index contributed by atoms with van der Waals surface area (Å²) in [5, 5.41) is 6.87. The smallest absolute Gasteiger partial charge is 0.224 e. The number of aryl methyl sites for hydroxylation is 1. The Morgan fingerprint density at radius 1 is 1.55 bits per heavy atom. The molecule has 112 valence electrons. The second-order valence-electron chi connectivity index (χ2n) is 5.20. The maximum absolute atomic E-state index is 12.1. The molecule has 1 N–H and O–H groups in total. The molecule has 2 heterocycles. The van der Waals surface area contributed by atoms with E-state index in [0.29, 0.717) is 13.1 Å². The molecular weight excluding hydrogens is 280 g/mol. The van der Waals surface area contributed by atoms with Crippen molar-refractivity contribution < 1.29 is 13.2 Å². The lowest BCUT2D eigenvalue weighted by Gasteiger charge is -2.30. The first-order valence-electron chi connectivity index (χ1n) is 6.56. The Kier molecular flexibility index (Phi) is 4.44. The summed E-state index contributed by atoms with van der Waals surface area (Å²) in [6.07, 6.45) is 6.17. The maximum Gasteiger partial charge on any atom is 0.224 e. The van der Waals surface area contributed by atoms with Crippen molar-refractivity contribution in [2.45, 2.75) is 19.4 Å². The topological polar surface area (TPSA) is 84.3 Å². The van der Waals surface area contributed by atoms with Crippen molar-refractivity contribution in [2.75, 3.05) is 19.3 Å². The largest absolute Gasteiger partial charge is 0.352 e. The highest BCUT2D eigenvalue weighted by molar-refractivity contribution is 7.88. The molecule has 1 saturated heterocycles. The Balaban J connectivity index is 1.89. The number of aromatic nitrogens is 2. The number of nitrogens with zero attached hydrogens (tertiary/aromatic N) is 3. The third-order valence-electron chi connectivity index (χ3n) is 3.45. The molecule has 2 rings (SSSR count). The van der Waals surface area contributed by atoms with Crippen LogP contribution >= 0.6 is 0 Å². The molecular formula is C12H20N4O3S. The molecule has 1 amide bonds. The van der Waals surface area contributed by atoms with E-state index in [1.54, 1.807) is 10.9 Å². The van der Waals surface area contributed by atoms with Crippen LogP contribution in [0.5, 0.6) is 0 Å². The summed E-state index contributed by atoms with van der Waals surface area (Å²) in [7, 11) is -1.40. The summed E-state index contributed by atoms with van der Waals surface area (Å²) in [6, 6.07) is 0. The number of hydrogen-bond acceptors (Lipinski definition) is 4. The number of nitrogens with one attached hydrogen (secondary N) is 1. The number of sulfonamides is 1. The second kappa shape index (κ2) is 5.92. The van der Waals surface area contributed by atoms with Gasteiger partial charge in [-0.25, -0.2) is 12.7 Å². The van der Waals surface area contributed by atoms with Crippen molar-refractivity contribution in [1.29, 1.82) is 0 Å². The Morgan fingerprint density at radius 3 is 2.90 bits per heavy atom. The van der Waals surface area contributed by atoms with Gasteiger partial charge in [-0.2, -0.15) is 5.10 Å². The lowest BCUT2D eigenvalue weighted by Crippen LogP contribution is -2.44. The summed E-state index contributed by atoms with van der Waals surface area (Å²) < 4.78 is 26.1. The minimum Gasteiger partial charge on any atom is -0.352 e. The Morgan fingerprint density at radius 2 is 2.30 bits per heavy atom. The van der Waals surface area contributed by atoms with Crippen molar-refractivity contribution in [2.24, 2.45) is 13.0 Å². The molecule has 7 nitrogen and oxygen atoms in total. The number of carbonyl (C=O) groups is 1. The fourth-order valence-electron chi connectivity index (χ4n) is 2.35. The van der Waals surface area contributed by atoms with E-state index in [1.165, 1.54) is 10.6 Å². The first kappa shape index (κ1) is 15.0. The van der Waals surface area contributed by atoms with Gasteiger partial charge >= 0.3 is 0 Å². The molecule has 1 fully saturated rings. The van der Waals surface area contributed by atoms with E-state index in [9.17, 15) is 13.2 Å². The average molecular weight is 300 g/mol. The quantitative estimate of drug-likeness (QED) is 0.828.